The highest BCUT2D eigenvalue weighted by molar-refractivity contribution is 5.86. The molecule has 0 aliphatic heterocycles. The van der Waals surface area contributed by atoms with Crippen LogP contribution in [0.5, 0.6) is 0 Å². The zero-order valence-electron chi connectivity index (χ0n) is 4.96. The van der Waals surface area contributed by atoms with Gasteiger partial charge in [0.1, 0.15) is 0 Å². The molecule has 0 amide bonds. The minimum atomic E-state index is 0.896. The third-order valence-electron chi connectivity index (χ3n) is 1.21. The topological polar surface area (TPSA) is 26.0 Å². The number of hydrogen-bond donors (Lipinski definition) is 1. The van der Waals surface area contributed by atoms with E-state index in [1.54, 1.807) is 0 Å². The average molecular weight is 117 g/mol. The molecule has 2 aliphatic rings. The molecule has 0 aromatic carbocycles. The standard InChI is InChI=1S/C6H5N.C2H2/c7-6-2-4-1-5(4)3-6;1-2/h1-3H,7H2;1-2H. The maximum atomic E-state index is 5.40. The second kappa shape index (κ2) is 1.83. The summed E-state index contributed by atoms with van der Waals surface area (Å²) in [7, 11) is 0. The van der Waals surface area contributed by atoms with Crippen LogP contribution in [0.2, 0.25) is 0 Å². The molecule has 0 unspecified atom stereocenters. The average Bonchev–Trinajstić information content (AvgIpc) is 2.46. The van der Waals surface area contributed by atoms with Crippen molar-refractivity contribution in [3.8, 4) is 24.0 Å². The normalized spacial score (nSPS) is 9.11. The summed E-state index contributed by atoms with van der Waals surface area (Å²) in [6.45, 7) is 0. The van der Waals surface area contributed by atoms with E-state index in [9.17, 15) is 0 Å². The third kappa shape index (κ3) is 0.872. The highest BCUT2D eigenvalue weighted by Gasteiger charge is 2.11. The van der Waals surface area contributed by atoms with Crippen LogP contribution in [0.1, 0.15) is 0 Å². The molecule has 2 N–H and O–H groups in total. The first kappa shape index (κ1) is 5.71. The highest BCUT2D eigenvalue weighted by atomic mass is 14.6. The Bertz CT molecular complexity index is 228. The molecule has 1 heteroatoms. The van der Waals surface area contributed by atoms with Crippen molar-refractivity contribution in [1.29, 1.82) is 0 Å². The van der Waals surface area contributed by atoms with Crippen molar-refractivity contribution in [3.63, 3.8) is 0 Å². The fraction of sp³-hybridized carbons (Fsp3) is 0. The van der Waals surface area contributed by atoms with Crippen molar-refractivity contribution in [3.05, 3.63) is 18.2 Å². The number of rotatable bonds is 0. The summed E-state index contributed by atoms with van der Waals surface area (Å²) < 4.78 is 0. The fourth-order valence-electron chi connectivity index (χ4n) is 0.782. The highest BCUT2D eigenvalue weighted by Crippen LogP contribution is 2.36. The number of anilines is 1. The van der Waals surface area contributed by atoms with Crippen LogP contribution in [0.4, 0.5) is 5.69 Å². The van der Waals surface area contributed by atoms with Crippen LogP contribution in [0.15, 0.2) is 18.2 Å². The van der Waals surface area contributed by atoms with Gasteiger partial charge in [0.2, 0.25) is 0 Å². The van der Waals surface area contributed by atoms with Gasteiger partial charge in [0.05, 0.1) is 0 Å². The molecule has 0 saturated heterocycles. The minimum absolute atomic E-state index is 0.896. The fourth-order valence-corrected chi connectivity index (χ4v) is 0.782. The number of fused-ring (bicyclic) bond motifs is 1. The summed E-state index contributed by atoms with van der Waals surface area (Å²) in [6.07, 6.45) is 8.00. The molecule has 0 spiro atoms. The third-order valence-corrected chi connectivity index (χ3v) is 1.21. The van der Waals surface area contributed by atoms with Crippen LogP contribution in [0.3, 0.4) is 0 Å². The minimum Gasteiger partial charge on any atom is -0.399 e. The van der Waals surface area contributed by atoms with E-state index >= 15 is 0 Å². The summed E-state index contributed by atoms with van der Waals surface area (Å²) in [4.78, 5) is 0. The molecule has 9 heavy (non-hydrogen) atoms. The predicted octanol–water partition coefficient (Wildman–Crippen LogP) is 1.50. The first-order valence-corrected chi connectivity index (χ1v) is 2.60. The number of benzene rings is 1. The van der Waals surface area contributed by atoms with Gasteiger partial charge in [-0.1, -0.05) is 0 Å². The van der Waals surface area contributed by atoms with E-state index in [2.05, 4.69) is 18.9 Å². The Labute approximate surface area is 54.5 Å². The molecule has 0 heterocycles. The van der Waals surface area contributed by atoms with E-state index in [0.717, 1.165) is 5.69 Å². The molecule has 0 saturated carbocycles. The second-order valence-corrected chi connectivity index (χ2v) is 1.84. The Hall–Kier alpha value is -1.42. The monoisotopic (exact) mass is 117 g/mol. The number of nitrogen functional groups attached to an aromatic ring is 1. The Kier molecular flexibility index (Phi) is 1.16. The van der Waals surface area contributed by atoms with Crippen molar-refractivity contribution in [2.75, 3.05) is 5.73 Å². The van der Waals surface area contributed by atoms with Gasteiger partial charge in [-0.2, -0.15) is 0 Å². The molecule has 1 nitrogen and oxygen atoms in total. The molecule has 0 aromatic rings. The van der Waals surface area contributed by atoms with E-state index in [-0.39, 0.29) is 0 Å². The van der Waals surface area contributed by atoms with E-state index < -0.39 is 0 Å². The van der Waals surface area contributed by atoms with E-state index in [1.165, 1.54) is 11.1 Å². The van der Waals surface area contributed by atoms with Gasteiger partial charge in [0, 0.05) is 5.69 Å². The Morgan fingerprint density at radius 2 is 1.44 bits per heavy atom. The summed E-state index contributed by atoms with van der Waals surface area (Å²) >= 11 is 0. The molecule has 0 radical (unpaired) electrons. The van der Waals surface area contributed by atoms with Gasteiger partial charge in [0.25, 0.3) is 0 Å². The van der Waals surface area contributed by atoms with Gasteiger partial charge in [0.15, 0.2) is 0 Å². The van der Waals surface area contributed by atoms with Crippen molar-refractivity contribution in [1.82, 2.24) is 0 Å². The summed E-state index contributed by atoms with van der Waals surface area (Å²) in [5.74, 6) is 0. The lowest BCUT2D eigenvalue weighted by molar-refractivity contribution is 1.87. The predicted molar refractivity (Wildman–Crippen MR) is 39.7 cm³/mol. The molecular formula is C8H7N. The van der Waals surface area contributed by atoms with Gasteiger partial charge < -0.3 is 5.73 Å². The van der Waals surface area contributed by atoms with Crippen molar-refractivity contribution in [2.45, 2.75) is 0 Å². The van der Waals surface area contributed by atoms with Crippen molar-refractivity contribution >= 4 is 5.69 Å². The molecular weight excluding hydrogens is 110 g/mol. The van der Waals surface area contributed by atoms with Crippen LogP contribution < -0.4 is 5.73 Å². The zero-order valence-corrected chi connectivity index (χ0v) is 4.96. The lowest BCUT2D eigenvalue weighted by Crippen LogP contribution is -1.75. The summed E-state index contributed by atoms with van der Waals surface area (Å²) in [5, 5.41) is 0. The van der Waals surface area contributed by atoms with Crippen LogP contribution in [0, 0.1) is 12.8 Å². The molecule has 2 rings (SSSR count). The zero-order chi connectivity index (χ0) is 6.85. The number of hydrogen-bond acceptors (Lipinski definition) is 1. The first-order valence-electron chi connectivity index (χ1n) is 2.60. The first-order chi connectivity index (χ1) is 4.36. The summed E-state index contributed by atoms with van der Waals surface area (Å²) in [6, 6.07) is 6.07. The molecule has 2 aliphatic carbocycles. The van der Waals surface area contributed by atoms with Gasteiger partial charge >= 0.3 is 0 Å². The van der Waals surface area contributed by atoms with E-state index in [1.807, 2.05) is 12.1 Å². The SMILES string of the molecule is C#C.Nc1cc2cc-2c1. The van der Waals surface area contributed by atoms with Crippen LogP contribution in [-0.4, -0.2) is 0 Å². The van der Waals surface area contributed by atoms with E-state index in [4.69, 9.17) is 5.73 Å². The molecule has 0 atom stereocenters. The quantitative estimate of drug-likeness (QED) is 0.410. The van der Waals surface area contributed by atoms with Crippen LogP contribution >= 0.6 is 0 Å². The number of terminal acetylenes is 1. The van der Waals surface area contributed by atoms with Gasteiger partial charge in [-0.05, 0) is 29.3 Å². The second-order valence-electron chi connectivity index (χ2n) is 1.84. The Morgan fingerprint density at radius 1 is 1.00 bits per heavy atom. The molecule has 44 valence electrons. The van der Waals surface area contributed by atoms with Gasteiger partial charge in [-0.25, -0.2) is 0 Å². The largest absolute Gasteiger partial charge is 0.399 e. The Balaban J connectivity index is 0.000000186. The lowest BCUT2D eigenvalue weighted by atomic mass is 10.5. The van der Waals surface area contributed by atoms with E-state index in [0.29, 0.717) is 0 Å². The maximum Gasteiger partial charge on any atom is 0.0326 e. The molecule has 0 aromatic heterocycles. The van der Waals surface area contributed by atoms with Gasteiger partial charge in [-0.3, -0.25) is 0 Å². The molecule has 0 fully saturated rings. The number of nitrogens with two attached hydrogens (primary N) is 1. The van der Waals surface area contributed by atoms with Gasteiger partial charge in [-0.15, -0.1) is 12.8 Å². The molecule has 0 bridgehead atoms. The maximum absolute atomic E-state index is 5.40. The lowest BCUT2D eigenvalue weighted by Gasteiger charge is -1.72. The van der Waals surface area contributed by atoms with Crippen LogP contribution in [-0.2, 0) is 0 Å². The Morgan fingerprint density at radius 3 is 1.67 bits per heavy atom. The van der Waals surface area contributed by atoms with Crippen LogP contribution in [0.25, 0.3) is 11.1 Å². The van der Waals surface area contributed by atoms with Crippen molar-refractivity contribution < 1.29 is 0 Å². The summed E-state index contributed by atoms with van der Waals surface area (Å²) in [5.41, 5.74) is 8.93. The van der Waals surface area contributed by atoms with Crippen molar-refractivity contribution in [2.24, 2.45) is 0 Å². The smallest absolute Gasteiger partial charge is 0.0326 e.